The molecular formula is C8H11BrN2S2. The topological polar surface area (TPSA) is 25.8 Å². The molecule has 0 spiro atoms. The van der Waals surface area contributed by atoms with Crippen molar-refractivity contribution in [1.29, 1.82) is 0 Å². The van der Waals surface area contributed by atoms with Crippen molar-refractivity contribution in [2.75, 3.05) is 11.5 Å². The van der Waals surface area contributed by atoms with E-state index in [-0.39, 0.29) is 5.41 Å². The van der Waals surface area contributed by atoms with Crippen LogP contribution in [0.3, 0.4) is 0 Å². The van der Waals surface area contributed by atoms with Crippen molar-refractivity contribution < 1.29 is 0 Å². The monoisotopic (exact) mass is 278 g/mol. The van der Waals surface area contributed by atoms with Crippen molar-refractivity contribution in [3.05, 3.63) is 8.92 Å². The van der Waals surface area contributed by atoms with Gasteiger partial charge in [0.25, 0.3) is 0 Å². The predicted molar refractivity (Wildman–Crippen MR) is 61.5 cm³/mol. The molecule has 1 aliphatic rings. The molecule has 0 aliphatic carbocycles. The van der Waals surface area contributed by atoms with E-state index in [1.54, 1.807) is 11.3 Å². The normalized spacial score (nSPS) is 21.7. The molecule has 13 heavy (non-hydrogen) atoms. The molecule has 1 saturated heterocycles. The summed E-state index contributed by atoms with van der Waals surface area (Å²) in [5.41, 5.74) is 0.287. The summed E-state index contributed by atoms with van der Waals surface area (Å²) in [4.78, 5) is 0. The molecule has 72 valence electrons. The first-order valence-corrected chi connectivity index (χ1v) is 7.04. The van der Waals surface area contributed by atoms with Crippen molar-refractivity contribution in [3.63, 3.8) is 0 Å². The van der Waals surface area contributed by atoms with Crippen LogP contribution >= 0.6 is 39.0 Å². The number of hydrogen-bond donors (Lipinski definition) is 0. The van der Waals surface area contributed by atoms with Crippen molar-refractivity contribution in [2.24, 2.45) is 0 Å². The first-order valence-electron chi connectivity index (χ1n) is 4.28. The molecule has 2 nitrogen and oxygen atoms in total. The lowest BCUT2D eigenvalue weighted by atomic mass is 9.85. The highest BCUT2D eigenvalue weighted by Gasteiger charge is 2.32. The molecule has 0 amide bonds. The Morgan fingerprint density at radius 1 is 1.31 bits per heavy atom. The minimum atomic E-state index is 0.287. The molecule has 2 rings (SSSR count). The third-order valence-corrected chi connectivity index (χ3v) is 5.16. The van der Waals surface area contributed by atoms with Gasteiger partial charge in [0.2, 0.25) is 0 Å². The Morgan fingerprint density at radius 3 is 2.54 bits per heavy atom. The van der Waals surface area contributed by atoms with Crippen LogP contribution in [-0.2, 0) is 5.41 Å². The second-order valence-corrected chi connectivity index (χ2v) is 7.01. The van der Waals surface area contributed by atoms with E-state index in [2.05, 4.69) is 33.1 Å². The Hall–Kier alpha value is 0.390. The average Bonchev–Trinajstić information content (AvgIpc) is 2.54. The van der Waals surface area contributed by atoms with Gasteiger partial charge in [0.15, 0.2) is 3.92 Å². The van der Waals surface area contributed by atoms with E-state index in [0.29, 0.717) is 0 Å². The van der Waals surface area contributed by atoms with Crippen LogP contribution in [0.2, 0.25) is 0 Å². The van der Waals surface area contributed by atoms with E-state index in [9.17, 15) is 0 Å². The van der Waals surface area contributed by atoms with E-state index >= 15 is 0 Å². The Labute approximate surface area is 94.7 Å². The largest absolute Gasteiger partial charge is 0.183 e. The fourth-order valence-electron chi connectivity index (χ4n) is 1.49. The van der Waals surface area contributed by atoms with Crippen molar-refractivity contribution in [3.8, 4) is 0 Å². The highest BCUT2D eigenvalue weighted by Crippen LogP contribution is 2.39. The molecule has 1 fully saturated rings. The summed E-state index contributed by atoms with van der Waals surface area (Å²) >= 11 is 7.08. The van der Waals surface area contributed by atoms with Crippen LogP contribution in [0.1, 0.15) is 24.8 Å². The standard InChI is InChI=1S/C8H11BrN2S2/c1-8(2-4-12-5-3-8)6-10-11-7(9)13-6/h2-5H2,1H3. The summed E-state index contributed by atoms with van der Waals surface area (Å²) in [6.45, 7) is 2.31. The maximum absolute atomic E-state index is 4.22. The number of hydrogen-bond acceptors (Lipinski definition) is 4. The Bertz CT molecular complexity index is 294. The fraction of sp³-hybridized carbons (Fsp3) is 0.750. The molecule has 0 radical (unpaired) electrons. The molecule has 0 aromatic carbocycles. The van der Waals surface area contributed by atoms with Gasteiger partial charge in [-0.05, 0) is 40.3 Å². The number of thioether (sulfide) groups is 1. The third-order valence-electron chi connectivity index (χ3n) is 2.51. The molecule has 2 heterocycles. The van der Waals surface area contributed by atoms with E-state index < -0.39 is 0 Å². The lowest BCUT2D eigenvalue weighted by Gasteiger charge is -2.30. The zero-order chi connectivity index (χ0) is 9.31. The van der Waals surface area contributed by atoms with E-state index in [0.717, 1.165) is 3.92 Å². The summed E-state index contributed by atoms with van der Waals surface area (Å²) in [5, 5.41) is 9.43. The van der Waals surface area contributed by atoms with Crippen molar-refractivity contribution >= 4 is 39.0 Å². The first-order chi connectivity index (χ1) is 6.21. The van der Waals surface area contributed by atoms with Crippen LogP contribution < -0.4 is 0 Å². The highest BCUT2D eigenvalue weighted by molar-refractivity contribution is 9.11. The summed E-state index contributed by atoms with van der Waals surface area (Å²) in [7, 11) is 0. The third kappa shape index (κ3) is 2.07. The molecule has 0 unspecified atom stereocenters. The van der Waals surface area contributed by atoms with Crippen LogP contribution in [0, 0.1) is 0 Å². The summed E-state index contributed by atoms with van der Waals surface area (Å²) < 4.78 is 0.905. The zero-order valence-electron chi connectivity index (χ0n) is 7.42. The van der Waals surface area contributed by atoms with Crippen LogP contribution in [0.25, 0.3) is 0 Å². The van der Waals surface area contributed by atoms with E-state index in [1.165, 1.54) is 29.4 Å². The van der Waals surface area contributed by atoms with Crippen LogP contribution in [0.15, 0.2) is 3.92 Å². The SMILES string of the molecule is CC1(c2nnc(Br)s2)CCSCC1. The van der Waals surface area contributed by atoms with Gasteiger partial charge in [0.1, 0.15) is 5.01 Å². The molecule has 1 aromatic rings. The molecular weight excluding hydrogens is 268 g/mol. The first kappa shape index (κ1) is 9.93. The van der Waals surface area contributed by atoms with Gasteiger partial charge in [-0.25, -0.2) is 0 Å². The second-order valence-electron chi connectivity index (χ2n) is 3.53. The van der Waals surface area contributed by atoms with Crippen molar-refractivity contribution in [1.82, 2.24) is 10.2 Å². The fourth-order valence-corrected chi connectivity index (χ4v) is 4.19. The Kier molecular flexibility index (Phi) is 2.95. The van der Waals surface area contributed by atoms with Gasteiger partial charge in [0, 0.05) is 5.41 Å². The summed E-state index contributed by atoms with van der Waals surface area (Å²) in [6.07, 6.45) is 2.47. The lowest BCUT2D eigenvalue weighted by Crippen LogP contribution is -2.27. The van der Waals surface area contributed by atoms with Crippen LogP contribution in [0.5, 0.6) is 0 Å². The number of rotatable bonds is 1. The molecule has 0 bridgehead atoms. The zero-order valence-corrected chi connectivity index (χ0v) is 10.6. The summed E-state index contributed by atoms with van der Waals surface area (Å²) in [5.74, 6) is 2.52. The average molecular weight is 279 g/mol. The van der Waals surface area contributed by atoms with Gasteiger partial charge in [0.05, 0.1) is 0 Å². The van der Waals surface area contributed by atoms with Gasteiger partial charge in [-0.2, -0.15) is 11.8 Å². The van der Waals surface area contributed by atoms with Gasteiger partial charge < -0.3 is 0 Å². The van der Waals surface area contributed by atoms with E-state index in [1.807, 2.05) is 11.8 Å². The number of nitrogens with zero attached hydrogens (tertiary/aromatic N) is 2. The maximum Gasteiger partial charge on any atom is 0.183 e. The smallest absolute Gasteiger partial charge is 0.162 e. The maximum atomic E-state index is 4.22. The Balaban J connectivity index is 2.22. The van der Waals surface area contributed by atoms with Crippen LogP contribution in [0.4, 0.5) is 0 Å². The second kappa shape index (κ2) is 3.87. The molecule has 0 atom stereocenters. The Morgan fingerprint density at radius 2 is 2.00 bits per heavy atom. The molecule has 0 saturated carbocycles. The predicted octanol–water partition coefficient (Wildman–Crippen LogP) is 3.09. The van der Waals surface area contributed by atoms with Gasteiger partial charge >= 0.3 is 0 Å². The minimum absolute atomic E-state index is 0.287. The highest BCUT2D eigenvalue weighted by atomic mass is 79.9. The quantitative estimate of drug-likeness (QED) is 0.790. The van der Waals surface area contributed by atoms with Gasteiger partial charge in [-0.3, -0.25) is 0 Å². The molecule has 5 heteroatoms. The summed E-state index contributed by atoms with van der Waals surface area (Å²) in [6, 6.07) is 0. The van der Waals surface area contributed by atoms with E-state index in [4.69, 9.17) is 0 Å². The molecule has 1 aliphatic heterocycles. The lowest BCUT2D eigenvalue weighted by molar-refractivity contribution is 0.431. The van der Waals surface area contributed by atoms with Crippen LogP contribution in [-0.4, -0.2) is 21.7 Å². The molecule has 0 N–H and O–H groups in total. The van der Waals surface area contributed by atoms with Gasteiger partial charge in [-0.1, -0.05) is 18.3 Å². The number of aromatic nitrogens is 2. The minimum Gasteiger partial charge on any atom is -0.162 e. The van der Waals surface area contributed by atoms with Gasteiger partial charge in [-0.15, -0.1) is 10.2 Å². The van der Waals surface area contributed by atoms with Crippen molar-refractivity contribution in [2.45, 2.75) is 25.2 Å². The number of halogens is 1. The molecule has 1 aromatic heterocycles.